The Morgan fingerprint density at radius 3 is 2.33 bits per heavy atom. The van der Waals surface area contributed by atoms with Crippen molar-refractivity contribution in [2.75, 3.05) is 12.4 Å². The maximum atomic E-state index is 10.8. The number of ether oxygens (including phenoxy) is 1. The quantitative estimate of drug-likeness (QED) is 0.675. The third-order valence-corrected chi connectivity index (χ3v) is 1.54. The number of amides is 3. The Kier molecular flexibility index (Phi) is 3.50. The van der Waals surface area contributed by atoms with Crippen molar-refractivity contribution in [3.63, 3.8) is 0 Å². The van der Waals surface area contributed by atoms with Crippen molar-refractivity contribution in [1.82, 2.24) is 5.32 Å². The van der Waals surface area contributed by atoms with Crippen LogP contribution in [-0.4, -0.2) is 19.2 Å². The summed E-state index contributed by atoms with van der Waals surface area (Å²) in [6, 6.07) is 5.59. The highest BCUT2D eigenvalue weighted by Gasteiger charge is 2.01. The maximum Gasteiger partial charge on any atom is 0.412 e. The number of primary amides is 1. The molecule has 3 amide bonds. The molecule has 1 aromatic rings. The van der Waals surface area contributed by atoms with E-state index in [4.69, 9.17) is 10.5 Å². The van der Waals surface area contributed by atoms with Gasteiger partial charge in [-0.15, -0.1) is 0 Å². The Balaban J connectivity index is 2.64. The molecule has 80 valence electrons. The van der Waals surface area contributed by atoms with Crippen LogP contribution in [0.1, 0.15) is 0 Å². The van der Waals surface area contributed by atoms with Crippen LogP contribution in [0.15, 0.2) is 24.3 Å². The van der Waals surface area contributed by atoms with Gasteiger partial charge in [0.2, 0.25) is 0 Å². The lowest BCUT2D eigenvalue weighted by Gasteiger charge is -2.04. The van der Waals surface area contributed by atoms with E-state index in [1.165, 1.54) is 7.05 Å². The number of benzene rings is 1. The zero-order chi connectivity index (χ0) is 11.3. The molecular formula is C9H11N3O3. The number of nitrogens with two attached hydrogens (primary N) is 1. The summed E-state index contributed by atoms with van der Waals surface area (Å²) in [5.74, 6) is 0.379. The van der Waals surface area contributed by atoms with E-state index in [2.05, 4.69) is 10.6 Å². The van der Waals surface area contributed by atoms with Gasteiger partial charge >= 0.3 is 12.1 Å². The number of anilines is 1. The van der Waals surface area contributed by atoms with Crippen LogP contribution in [0.2, 0.25) is 0 Å². The van der Waals surface area contributed by atoms with E-state index in [0.29, 0.717) is 11.4 Å². The lowest BCUT2D eigenvalue weighted by molar-refractivity contribution is 0.203. The van der Waals surface area contributed by atoms with E-state index in [9.17, 15) is 9.59 Å². The minimum atomic E-state index is -0.644. The van der Waals surface area contributed by atoms with Gasteiger partial charge in [0.1, 0.15) is 5.75 Å². The molecule has 0 aromatic heterocycles. The van der Waals surface area contributed by atoms with Crippen molar-refractivity contribution in [2.24, 2.45) is 5.73 Å². The van der Waals surface area contributed by atoms with Crippen molar-refractivity contribution in [3.8, 4) is 5.75 Å². The van der Waals surface area contributed by atoms with E-state index in [1.54, 1.807) is 24.3 Å². The summed E-state index contributed by atoms with van der Waals surface area (Å²) in [6.45, 7) is 0. The standard InChI is InChI=1S/C9H11N3O3/c1-11-9(14)15-7-4-2-6(3-5-7)12-8(10)13/h2-5H,1H3,(H,11,14)(H3,10,12,13). The Labute approximate surface area is 86.4 Å². The summed E-state index contributed by atoms with van der Waals surface area (Å²) in [5, 5.41) is 4.69. The van der Waals surface area contributed by atoms with E-state index < -0.39 is 12.1 Å². The molecule has 0 spiro atoms. The highest BCUT2D eigenvalue weighted by atomic mass is 16.5. The molecule has 4 N–H and O–H groups in total. The maximum absolute atomic E-state index is 10.8. The molecule has 15 heavy (non-hydrogen) atoms. The molecule has 0 fully saturated rings. The number of carbonyl (C=O) groups excluding carboxylic acids is 2. The van der Waals surface area contributed by atoms with Crippen LogP contribution in [0.4, 0.5) is 15.3 Å². The number of hydrogen-bond acceptors (Lipinski definition) is 3. The monoisotopic (exact) mass is 209 g/mol. The Bertz CT molecular complexity index is 361. The number of rotatable bonds is 2. The van der Waals surface area contributed by atoms with Crippen molar-refractivity contribution >= 4 is 17.8 Å². The third kappa shape index (κ3) is 3.55. The largest absolute Gasteiger partial charge is 0.412 e. The SMILES string of the molecule is CNC(=O)Oc1ccc(NC(N)=O)cc1. The number of urea groups is 1. The van der Waals surface area contributed by atoms with Gasteiger partial charge in [0.15, 0.2) is 0 Å². The van der Waals surface area contributed by atoms with Gasteiger partial charge in [-0.2, -0.15) is 0 Å². The van der Waals surface area contributed by atoms with Crippen molar-refractivity contribution in [3.05, 3.63) is 24.3 Å². The lowest BCUT2D eigenvalue weighted by Crippen LogP contribution is -2.22. The minimum absolute atomic E-state index is 0.379. The Morgan fingerprint density at radius 2 is 1.87 bits per heavy atom. The molecule has 0 aliphatic carbocycles. The van der Waals surface area contributed by atoms with E-state index >= 15 is 0 Å². The Hall–Kier alpha value is -2.24. The van der Waals surface area contributed by atoms with Crippen LogP contribution in [0, 0.1) is 0 Å². The van der Waals surface area contributed by atoms with Crippen LogP contribution < -0.4 is 21.1 Å². The number of nitrogens with one attached hydrogen (secondary N) is 2. The third-order valence-electron chi connectivity index (χ3n) is 1.54. The smallest absolute Gasteiger partial charge is 0.410 e. The summed E-state index contributed by atoms with van der Waals surface area (Å²) in [7, 11) is 1.46. The molecule has 0 radical (unpaired) electrons. The first-order valence-corrected chi connectivity index (χ1v) is 4.18. The highest BCUT2D eigenvalue weighted by Crippen LogP contribution is 2.15. The second-order valence-electron chi connectivity index (χ2n) is 2.65. The zero-order valence-electron chi connectivity index (χ0n) is 8.11. The fourth-order valence-electron chi connectivity index (χ4n) is 0.907. The summed E-state index contributed by atoms with van der Waals surface area (Å²) >= 11 is 0. The van der Waals surface area contributed by atoms with Gasteiger partial charge in [-0.3, -0.25) is 0 Å². The molecule has 0 aliphatic rings. The van der Waals surface area contributed by atoms with Gasteiger partial charge in [0.05, 0.1) is 0 Å². The molecule has 1 rings (SSSR count). The van der Waals surface area contributed by atoms with E-state index in [0.717, 1.165) is 0 Å². The van der Waals surface area contributed by atoms with Crippen LogP contribution in [-0.2, 0) is 0 Å². The Morgan fingerprint density at radius 1 is 1.27 bits per heavy atom. The highest BCUT2D eigenvalue weighted by molar-refractivity contribution is 5.87. The van der Waals surface area contributed by atoms with Gasteiger partial charge in [-0.05, 0) is 24.3 Å². The minimum Gasteiger partial charge on any atom is -0.410 e. The van der Waals surface area contributed by atoms with Gasteiger partial charge in [0, 0.05) is 12.7 Å². The normalized spacial score (nSPS) is 9.13. The molecule has 0 atom stereocenters. The van der Waals surface area contributed by atoms with Gasteiger partial charge in [-0.25, -0.2) is 9.59 Å². The zero-order valence-corrected chi connectivity index (χ0v) is 8.11. The molecule has 0 heterocycles. The fraction of sp³-hybridized carbons (Fsp3) is 0.111. The first-order valence-electron chi connectivity index (χ1n) is 4.18. The van der Waals surface area contributed by atoms with Gasteiger partial charge in [-0.1, -0.05) is 0 Å². The van der Waals surface area contributed by atoms with Crippen LogP contribution >= 0.6 is 0 Å². The number of hydrogen-bond donors (Lipinski definition) is 3. The lowest BCUT2D eigenvalue weighted by atomic mass is 10.3. The summed E-state index contributed by atoms with van der Waals surface area (Å²) < 4.78 is 4.83. The first kappa shape index (κ1) is 10.8. The molecule has 0 bridgehead atoms. The van der Waals surface area contributed by atoms with Crippen molar-refractivity contribution in [1.29, 1.82) is 0 Å². The predicted molar refractivity (Wildman–Crippen MR) is 54.7 cm³/mol. The molecule has 0 aliphatic heterocycles. The van der Waals surface area contributed by atoms with Crippen LogP contribution in [0.5, 0.6) is 5.75 Å². The van der Waals surface area contributed by atoms with Crippen molar-refractivity contribution in [2.45, 2.75) is 0 Å². The molecule has 0 saturated carbocycles. The summed E-state index contributed by atoms with van der Waals surface area (Å²) in [6.07, 6.45) is -0.550. The van der Waals surface area contributed by atoms with E-state index in [1.807, 2.05) is 0 Å². The molecule has 0 saturated heterocycles. The van der Waals surface area contributed by atoms with Crippen LogP contribution in [0.3, 0.4) is 0 Å². The summed E-state index contributed by atoms with van der Waals surface area (Å²) in [4.78, 5) is 21.3. The molecule has 1 aromatic carbocycles. The molecule has 6 nitrogen and oxygen atoms in total. The fourth-order valence-corrected chi connectivity index (χ4v) is 0.907. The van der Waals surface area contributed by atoms with Crippen LogP contribution in [0.25, 0.3) is 0 Å². The topological polar surface area (TPSA) is 93.4 Å². The number of carbonyl (C=O) groups is 2. The van der Waals surface area contributed by atoms with Crippen molar-refractivity contribution < 1.29 is 14.3 Å². The second-order valence-corrected chi connectivity index (χ2v) is 2.65. The molecule has 0 unspecified atom stereocenters. The predicted octanol–water partition coefficient (Wildman–Crippen LogP) is 0.895. The summed E-state index contributed by atoms with van der Waals surface area (Å²) in [5.41, 5.74) is 5.45. The first-order chi connectivity index (χ1) is 7.11. The average molecular weight is 209 g/mol. The molecule has 6 heteroatoms. The molecular weight excluding hydrogens is 198 g/mol. The second kappa shape index (κ2) is 4.85. The van der Waals surface area contributed by atoms with Gasteiger partial charge < -0.3 is 21.1 Å². The van der Waals surface area contributed by atoms with Gasteiger partial charge in [0.25, 0.3) is 0 Å². The van der Waals surface area contributed by atoms with E-state index in [-0.39, 0.29) is 0 Å². The average Bonchev–Trinajstić information content (AvgIpc) is 2.20.